The van der Waals surface area contributed by atoms with E-state index in [9.17, 15) is 8.42 Å². The van der Waals surface area contributed by atoms with Crippen molar-refractivity contribution in [2.75, 3.05) is 13.7 Å². The first-order valence-electron chi connectivity index (χ1n) is 8.54. The third kappa shape index (κ3) is 4.47. The minimum Gasteiger partial charge on any atom is -0.383 e. The second kappa shape index (κ2) is 8.35. The number of aromatic nitrogens is 2. The van der Waals surface area contributed by atoms with Crippen LogP contribution in [0.2, 0.25) is 0 Å². The SMILES string of the molecule is COCCn1cncc1CNS(=O)(=O)c1cc(C)c(-c2ccsc2)cc1C. The van der Waals surface area contributed by atoms with Gasteiger partial charge in [-0.15, -0.1) is 0 Å². The fraction of sp³-hybridized carbons (Fsp3) is 0.316. The molecule has 0 aliphatic heterocycles. The van der Waals surface area contributed by atoms with Crippen molar-refractivity contribution in [1.29, 1.82) is 0 Å². The fourth-order valence-electron chi connectivity index (χ4n) is 2.94. The van der Waals surface area contributed by atoms with E-state index in [0.717, 1.165) is 27.9 Å². The van der Waals surface area contributed by atoms with Crippen LogP contribution >= 0.6 is 11.3 Å². The maximum atomic E-state index is 12.9. The molecule has 144 valence electrons. The molecule has 0 fully saturated rings. The van der Waals surface area contributed by atoms with E-state index in [1.165, 1.54) is 0 Å². The van der Waals surface area contributed by atoms with E-state index >= 15 is 0 Å². The number of thiophene rings is 1. The number of sulfonamides is 1. The highest BCUT2D eigenvalue weighted by Crippen LogP contribution is 2.30. The Balaban J connectivity index is 1.81. The van der Waals surface area contributed by atoms with Gasteiger partial charge in [0.15, 0.2) is 0 Å². The van der Waals surface area contributed by atoms with Crippen molar-refractivity contribution in [2.45, 2.75) is 31.8 Å². The Morgan fingerprint density at radius 2 is 2.07 bits per heavy atom. The van der Waals surface area contributed by atoms with Crippen LogP contribution in [0.25, 0.3) is 11.1 Å². The van der Waals surface area contributed by atoms with Gasteiger partial charge in [0.25, 0.3) is 0 Å². The maximum absolute atomic E-state index is 12.9. The number of methoxy groups -OCH3 is 1. The zero-order valence-corrected chi connectivity index (χ0v) is 17.2. The van der Waals surface area contributed by atoms with E-state index in [-0.39, 0.29) is 6.54 Å². The first kappa shape index (κ1) is 19.8. The van der Waals surface area contributed by atoms with Crippen LogP contribution in [0.5, 0.6) is 0 Å². The molecule has 1 aromatic carbocycles. The summed E-state index contributed by atoms with van der Waals surface area (Å²) in [6.07, 6.45) is 3.34. The predicted octanol–water partition coefficient (Wildman–Crippen LogP) is 3.35. The van der Waals surface area contributed by atoms with Gasteiger partial charge >= 0.3 is 0 Å². The second-order valence-corrected chi connectivity index (χ2v) is 8.86. The Hall–Kier alpha value is -2.00. The third-order valence-electron chi connectivity index (χ3n) is 4.42. The zero-order valence-electron chi connectivity index (χ0n) is 15.6. The molecule has 2 heterocycles. The molecule has 0 unspecified atom stereocenters. The van der Waals surface area contributed by atoms with E-state index in [0.29, 0.717) is 18.0 Å². The highest BCUT2D eigenvalue weighted by Gasteiger charge is 2.19. The number of imidazole rings is 1. The number of hydrogen-bond donors (Lipinski definition) is 1. The molecule has 3 rings (SSSR count). The second-order valence-electron chi connectivity index (χ2n) is 6.34. The quantitative estimate of drug-likeness (QED) is 0.624. The molecular formula is C19H23N3O3S2. The molecule has 27 heavy (non-hydrogen) atoms. The van der Waals surface area contributed by atoms with Gasteiger partial charge < -0.3 is 9.30 Å². The molecule has 0 aliphatic carbocycles. The molecule has 2 aromatic heterocycles. The Morgan fingerprint density at radius 1 is 1.26 bits per heavy atom. The van der Waals surface area contributed by atoms with E-state index in [4.69, 9.17) is 4.74 Å². The van der Waals surface area contributed by atoms with Gasteiger partial charge in [0.2, 0.25) is 10.0 Å². The Kier molecular flexibility index (Phi) is 6.11. The molecule has 8 heteroatoms. The Bertz CT molecular complexity index is 1010. The summed E-state index contributed by atoms with van der Waals surface area (Å²) >= 11 is 1.62. The standard InChI is InChI=1S/C19H23N3O3S2/c1-14-9-19(15(2)8-18(14)16-4-7-26-12-16)27(23,24)21-11-17-10-20-13-22(17)5-6-25-3/h4,7-10,12-13,21H,5-6,11H2,1-3H3. The summed E-state index contributed by atoms with van der Waals surface area (Å²) in [4.78, 5) is 4.40. The normalized spacial score (nSPS) is 11.8. The number of hydrogen-bond acceptors (Lipinski definition) is 5. The van der Waals surface area contributed by atoms with Crippen molar-refractivity contribution < 1.29 is 13.2 Å². The van der Waals surface area contributed by atoms with Gasteiger partial charge in [-0.2, -0.15) is 11.3 Å². The van der Waals surface area contributed by atoms with Crippen LogP contribution in [0.3, 0.4) is 0 Å². The zero-order chi connectivity index (χ0) is 19.4. The lowest BCUT2D eigenvalue weighted by molar-refractivity contribution is 0.186. The van der Waals surface area contributed by atoms with Gasteiger partial charge in [0.05, 0.1) is 30.1 Å². The molecular weight excluding hydrogens is 382 g/mol. The van der Waals surface area contributed by atoms with Crippen LogP contribution in [0.15, 0.2) is 46.4 Å². The van der Waals surface area contributed by atoms with Gasteiger partial charge in [0, 0.05) is 19.9 Å². The molecule has 3 aromatic rings. The molecule has 0 saturated carbocycles. The Morgan fingerprint density at radius 3 is 2.78 bits per heavy atom. The van der Waals surface area contributed by atoms with Gasteiger partial charge in [-0.3, -0.25) is 0 Å². The first-order valence-corrected chi connectivity index (χ1v) is 11.0. The van der Waals surface area contributed by atoms with Crippen molar-refractivity contribution in [3.05, 3.63) is 58.3 Å². The summed E-state index contributed by atoms with van der Waals surface area (Å²) < 4.78 is 35.4. The molecule has 0 spiro atoms. The summed E-state index contributed by atoms with van der Waals surface area (Å²) in [5.74, 6) is 0. The Labute approximate surface area is 163 Å². The van der Waals surface area contributed by atoms with Gasteiger partial charge in [0.1, 0.15) is 0 Å². The van der Waals surface area contributed by atoms with Crippen LogP contribution in [0.4, 0.5) is 0 Å². The van der Waals surface area contributed by atoms with E-state index < -0.39 is 10.0 Å². The molecule has 0 amide bonds. The number of nitrogens with zero attached hydrogens (tertiary/aromatic N) is 2. The molecule has 6 nitrogen and oxygen atoms in total. The summed E-state index contributed by atoms with van der Waals surface area (Å²) in [7, 11) is -2.00. The third-order valence-corrected chi connectivity index (χ3v) is 6.65. The van der Waals surface area contributed by atoms with Crippen LogP contribution in [0.1, 0.15) is 16.8 Å². The summed E-state index contributed by atoms with van der Waals surface area (Å²) in [5, 5.41) is 4.08. The fourth-order valence-corrected chi connectivity index (χ4v) is 4.90. The number of benzene rings is 1. The van der Waals surface area contributed by atoms with Crippen molar-refractivity contribution >= 4 is 21.4 Å². The summed E-state index contributed by atoms with van der Waals surface area (Å²) in [6, 6.07) is 5.72. The highest BCUT2D eigenvalue weighted by molar-refractivity contribution is 7.89. The number of ether oxygens (including phenoxy) is 1. The molecule has 0 aliphatic rings. The maximum Gasteiger partial charge on any atom is 0.241 e. The summed E-state index contributed by atoms with van der Waals surface area (Å²) in [5.41, 5.74) is 4.62. The number of nitrogens with one attached hydrogen (secondary N) is 1. The van der Waals surface area contributed by atoms with Crippen LogP contribution < -0.4 is 4.72 Å². The van der Waals surface area contributed by atoms with Crippen molar-refractivity contribution in [3.8, 4) is 11.1 Å². The number of aryl methyl sites for hydroxylation is 2. The minimum absolute atomic E-state index is 0.177. The summed E-state index contributed by atoms with van der Waals surface area (Å²) in [6.45, 7) is 5.11. The number of rotatable bonds is 8. The van der Waals surface area contributed by atoms with Crippen molar-refractivity contribution in [3.63, 3.8) is 0 Å². The van der Waals surface area contributed by atoms with Crippen molar-refractivity contribution in [1.82, 2.24) is 14.3 Å². The molecule has 0 bridgehead atoms. The van der Waals surface area contributed by atoms with Crippen LogP contribution in [0, 0.1) is 13.8 Å². The largest absolute Gasteiger partial charge is 0.383 e. The predicted molar refractivity (Wildman–Crippen MR) is 107 cm³/mol. The first-order chi connectivity index (χ1) is 12.9. The lowest BCUT2D eigenvalue weighted by Crippen LogP contribution is -2.25. The van der Waals surface area contributed by atoms with Gasteiger partial charge in [-0.1, -0.05) is 0 Å². The lowest BCUT2D eigenvalue weighted by atomic mass is 10.0. The molecule has 0 saturated heterocycles. The van der Waals surface area contributed by atoms with Crippen LogP contribution in [-0.2, 0) is 27.8 Å². The molecule has 1 N–H and O–H groups in total. The van der Waals surface area contributed by atoms with Crippen molar-refractivity contribution in [2.24, 2.45) is 0 Å². The topological polar surface area (TPSA) is 73.2 Å². The van der Waals surface area contributed by atoms with E-state index in [2.05, 4.69) is 15.1 Å². The van der Waals surface area contributed by atoms with E-state index in [1.54, 1.807) is 37.0 Å². The lowest BCUT2D eigenvalue weighted by Gasteiger charge is -2.14. The van der Waals surface area contributed by atoms with Gasteiger partial charge in [-0.05, 0) is 65.1 Å². The smallest absolute Gasteiger partial charge is 0.241 e. The molecule has 0 radical (unpaired) electrons. The highest BCUT2D eigenvalue weighted by atomic mass is 32.2. The average molecular weight is 406 g/mol. The minimum atomic E-state index is -3.63. The molecule has 0 atom stereocenters. The van der Waals surface area contributed by atoms with Crippen LogP contribution in [-0.4, -0.2) is 31.7 Å². The average Bonchev–Trinajstić information content (AvgIpc) is 3.31. The van der Waals surface area contributed by atoms with Gasteiger partial charge in [-0.25, -0.2) is 18.1 Å². The monoisotopic (exact) mass is 405 g/mol. The van der Waals surface area contributed by atoms with E-state index in [1.807, 2.05) is 35.9 Å².